The highest BCUT2D eigenvalue weighted by atomic mass is 32.2. The Morgan fingerprint density at radius 1 is 1.03 bits per heavy atom. The zero-order valence-electron chi connectivity index (χ0n) is 18.3. The van der Waals surface area contributed by atoms with E-state index < -0.39 is 24.5 Å². The summed E-state index contributed by atoms with van der Waals surface area (Å²) in [5.41, 5.74) is 1.13. The lowest BCUT2D eigenvalue weighted by atomic mass is 10.2. The molecule has 0 bridgehead atoms. The van der Waals surface area contributed by atoms with Gasteiger partial charge < -0.3 is 15.4 Å². The van der Waals surface area contributed by atoms with Gasteiger partial charge >= 0.3 is 12.0 Å². The molecule has 4 amide bonds. The normalized spacial score (nSPS) is 12.9. The Hall–Kier alpha value is -3.84. The van der Waals surface area contributed by atoms with Gasteiger partial charge in [-0.25, -0.2) is 9.59 Å². The molecule has 3 N–H and O–H groups in total. The summed E-state index contributed by atoms with van der Waals surface area (Å²) in [6.07, 6.45) is 3.86. The van der Waals surface area contributed by atoms with E-state index in [1.54, 1.807) is 42.5 Å². The zero-order valence-corrected chi connectivity index (χ0v) is 19.2. The second-order valence-corrected chi connectivity index (χ2v) is 8.62. The van der Waals surface area contributed by atoms with Gasteiger partial charge in [0.2, 0.25) is 5.91 Å². The minimum absolute atomic E-state index is 0.0168. The molecule has 0 radical (unpaired) electrons. The van der Waals surface area contributed by atoms with Crippen molar-refractivity contribution >= 4 is 41.3 Å². The molecule has 9 nitrogen and oxygen atoms in total. The molecule has 0 saturated heterocycles. The number of amides is 4. The van der Waals surface area contributed by atoms with Crippen LogP contribution in [-0.4, -0.2) is 42.2 Å². The Bertz CT molecular complexity index is 1110. The van der Waals surface area contributed by atoms with E-state index in [-0.39, 0.29) is 23.3 Å². The molecule has 2 aromatic rings. The van der Waals surface area contributed by atoms with Crippen molar-refractivity contribution in [2.45, 2.75) is 36.6 Å². The van der Waals surface area contributed by atoms with E-state index >= 15 is 0 Å². The average Bonchev–Trinajstić information content (AvgIpc) is 3.34. The lowest BCUT2D eigenvalue weighted by Crippen LogP contribution is -2.45. The number of carbonyl (C=O) groups excluding carboxylic acids is 4. The first-order chi connectivity index (χ1) is 16.4. The number of carbonyl (C=O) groups is 4. The third-order valence-corrected chi connectivity index (χ3v) is 6.09. The van der Waals surface area contributed by atoms with E-state index in [9.17, 15) is 19.2 Å². The Morgan fingerprint density at radius 2 is 1.79 bits per heavy atom. The number of nitrogens with one attached hydrogen (secondary N) is 3. The lowest BCUT2D eigenvalue weighted by Gasteiger charge is -2.12. The molecule has 0 unspecified atom stereocenters. The van der Waals surface area contributed by atoms with Crippen molar-refractivity contribution in [3.8, 4) is 6.07 Å². The van der Waals surface area contributed by atoms with Crippen LogP contribution in [0.3, 0.4) is 0 Å². The van der Waals surface area contributed by atoms with Gasteiger partial charge in [0, 0.05) is 16.6 Å². The number of hydrogen-bond acceptors (Lipinski definition) is 7. The van der Waals surface area contributed by atoms with Crippen molar-refractivity contribution < 1.29 is 23.9 Å². The molecule has 3 rings (SSSR count). The maximum Gasteiger partial charge on any atom is 0.339 e. The monoisotopic (exact) mass is 480 g/mol. The fourth-order valence-electron chi connectivity index (χ4n) is 3.43. The highest BCUT2D eigenvalue weighted by molar-refractivity contribution is 8.00. The molecule has 2 aromatic carbocycles. The maximum atomic E-state index is 12.5. The summed E-state index contributed by atoms with van der Waals surface area (Å²) >= 11 is 1.13. The van der Waals surface area contributed by atoms with E-state index in [0.717, 1.165) is 37.4 Å². The van der Waals surface area contributed by atoms with Crippen LogP contribution in [0.5, 0.6) is 0 Å². The second kappa shape index (κ2) is 12.4. The Labute approximate surface area is 201 Å². The van der Waals surface area contributed by atoms with Gasteiger partial charge in [0.15, 0.2) is 6.61 Å². The summed E-state index contributed by atoms with van der Waals surface area (Å²) in [5.74, 6) is -1.76. The van der Waals surface area contributed by atoms with Crippen LogP contribution in [0, 0.1) is 11.3 Å². The lowest BCUT2D eigenvalue weighted by molar-refractivity contribution is -0.123. The molecule has 10 heteroatoms. The summed E-state index contributed by atoms with van der Waals surface area (Å²) in [6.45, 7) is -0.606. The molecular formula is C24H24N4O5S. The standard InChI is InChI=1S/C24H24N4O5S/c25-13-16-6-5-9-18(12-16)26-22(30)15-34-20-11-4-3-10-19(20)23(31)33-14-21(29)28-24(32)27-17-7-1-2-8-17/h3-6,9-12,17H,1-2,7-8,14-15H2,(H,26,30)(H2,27,28,29,32). The van der Waals surface area contributed by atoms with Gasteiger partial charge in [-0.15, -0.1) is 11.8 Å². The molecule has 0 spiro atoms. The van der Waals surface area contributed by atoms with E-state index in [1.165, 1.54) is 6.07 Å². The number of nitrogens with zero attached hydrogens (tertiary/aromatic N) is 1. The van der Waals surface area contributed by atoms with E-state index in [0.29, 0.717) is 16.1 Å². The number of esters is 1. The molecule has 1 saturated carbocycles. The van der Waals surface area contributed by atoms with Crippen molar-refractivity contribution in [3.63, 3.8) is 0 Å². The predicted molar refractivity (Wildman–Crippen MR) is 126 cm³/mol. The number of thioether (sulfide) groups is 1. The molecule has 34 heavy (non-hydrogen) atoms. The summed E-state index contributed by atoms with van der Waals surface area (Å²) in [7, 11) is 0. The molecule has 1 aliphatic carbocycles. The van der Waals surface area contributed by atoms with Gasteiger partial charge in [0.1, 0.15) is 0 Å². The fraction of sp³-hybridized carbons (Fsp3) is 0.292. The molecule has 1 aliphatic rings. The average molecular weight is 481 g/mol. The third kappa shape index (κ3) is 7.64. The van der Waals surface area contributed by atoms with Crippen molar-refractivity contribution in [1.82, 2.24) is 10.6 Å². The molecule has 0 atom stereocenters. The topological polar surface area (TPSA) is 137 Å². The zero-order chi connectivity index (χ0) is 24.3. The molecule has 0 aromatic heterocycles. The van der Waals surface area contributed by atoms with E-state index in [2.05, 4.69) is 16.0 Å². The van der Waals surface area contributed by atoms with Crippen LogP contribution in [0.15, 0.2) is 53.4 Å². The Morgan fingerprint density at radius 3 is 2.56 bits per heavy atom. The summed E-state index contributed by atoms with van der Waals surface area (Å²) < 4.78 is 5.05. The SMILES string of the molecule is N#Cc1cccc(NC(=O)CSc2ccccc2C(=O)OCC(=O)NC(=O)NC2CCCC2)c1. The van der Waals surface area contributed by atoms with Crippen molar-refractivity contribution in [2.24, 2.45) is 0 Å². The molecule has 1 fully saturated rings. The van der Waals surface area contributed by atoms with Gasteiger partial charge in [-0.3, -0.25) is 14.9 Å². The van der Waals surface area contributed by atoms with Crippen LogP contribution in [0.4, 0.5) is 10.5 Å². The van der Waals surface area contributed by atoms with Crippen LogP contribution in [0.2, 0.25) is 0 Å². The Balaban J connectivity index is 1.48. The summed E-state index contributed by atoms with van der Waals surface area (Å²) in [6, 6.07) is 14.6. The quantitative estimate of drug-likeness (QED) is 0.390. The highest BCUT2D eigenvalue weighted by Crippen LogP contribution is 2.24. The van der Waals surface area contributed by atoms with E-state index in [1.807, 2.05) is 6.07 Å². The van der Waals surface area contributed by atoms with Gasteiger partial charge in [0.05, 0.1) is 22.9 Å². The molecule has 176 valence electrons. The first kappa shape index (κ1) is 24.8. The largest absolute Gasteiger partial charge is 0.452 e. The van der Waals surface area contributed by atoms with Gasteiger partial charge in [-0.1, -0.05) is 31.0 Å². The van der Waals surface area contributed by atoms with Gasteiger partial charge in [-0.05, 0) is 43.2 Å². The number of ether oxygens (including phenoxy) is 1. The number of urea groups is 1. The third-order valence-electron chi connectivity index (χ3n) is 5.02. The van der Waals surface area contributed by atoms with Gasteiger partial charge in [-0.2, -0.15) is 5.26 Å². The fourth-order valence-corrected chi connectivity index (χ4v) is 4.27. The number of anilines is 1. The van der Waals surface area contributed by atoms with Crippen LogP contribution in [0.1, 0.15) is 41.6 Å². The number of hydrogen-bond donors (Lipinski definition) is 3. The van der Waals surface area contributed by atoms with Crippen molar-refractivity contribution in [2.75, 3.05) is 17.7 Å². The van der Waals surface area contributed by atoms with Crippen LogP contribution in [0.25, 0.3) is 0 Å². The number of rotatable bonds is 8. The molecule has 0 aliphatic heterocycles. The van der Waals surface area contributed by atoms with Crippen LogP contribution < -0.4 is 16.0 Å². The van der Waals surface area contributed by atoms with Gasteiger partial charge in [0.25, 0.3) is 5.91 Å². The number of imide groups is 1. The van der Waals surface area contributed by atoms with Crippen molar-refractivity contribution in [1.29, 1.82) is 5.26 Å². The smallest absolute Gasteiger partial charge is 0.339 e. The first-order valence-corrected chi connectivity index (χ1v) is 11.7. The van der Waals surface area contributed by atoms with Crippen LogP contribution >= 0.6 is 11.8 Å². The first-order valence-electron chi connectivity index (χ1n) is 10.7. The van der Waals surface area contributed by atoms with Crippen LogP contribution in [-0.2, 0) is 14.3 Å². The molecule has 0 heterocycles. The van der Waals surface area contributed by atoms with Crippen molar-refractivity contribution in [3.05, 3.63) is 59.7 Å². The summed E-state index contributed by atoms with van der Waals surface area (Å²) in [5, 5.41) is 16.5. The number of benzene rings is 2. The van der Waals surface area contributed by atoms with E-state index in [4.69, 9.17) is 10.00 Å². The summed E-state index contributed by atoms with van der Waals surface area (Å²) in [4.78, 5) is 49.1. The maximum absolute atomic E-state index is 12.5. The Kier molecular flexibility index (Phi) is 9.05. The molecular weight excluding hydrogens is 456 g/mol. The number of nitriles is 1. The highest BCUT2D eigenvalue weighted by Gasteiger charge is 2.20. The minimum Gasteiger partial charge on any atom is -0.452 e. The minimum atomic E-state index is -0.739. The second-order valence-electron chi connectivity index (χ2n) is 7.60. The predicted octanol–water partition coefficient (Wildman–Crippen LogP) is 3.21.